The molecule has 130 valence electrons. The van der Waals surface area contributed by atoms with Crippen LogP contribution in [-0.4, -0.2) is 60.7 Å². The summed E-state index contributed by atoms with van der Waals surface area (Å²) in [6, 6.07) is 0.366. The molecule has 0 radical (unpaired) electrons. The molecule has 2 aromatic heterocycles. The Morgan fingerprint density at radius 1 is 1.46 bits per heavy atom. The Bertz CT molecular complexity index is 743. The Labute approximate surface area is 150 Å². The van der Waals surface area contributed by atoms with Crippen LogP contribution in [0.15, 0.2) is 5.38 Å². The van der Waals surface area contributed by atoms with E-state index in [-0.39, 0.29) is 11.3 Å². The highest BCUT2D eigenvalue weighted by Crippen LogP contribution is 2.35. The van der Waals surface area contributed by atoms with E-state index in [2.05, 4.69) is 26.8 Å². The Kier molecular flexibility index (Phi) is 5.22. The number of thiophene rings is 1. The molecule has 6 nitrogen and oxygen atoms in total. The number of ether oxygens (including phenoxy) is 1. The van der Waals surface area contributed by atoms with Crippen LogP contribution >= 0.6 is 22.9 Å². The zero-order valence-corrected chi connectivity index (χ0v) is 15.7. The lowest BCUT2D eigenvalue weighted by Crippen LogP contribution is -2.42. The molecule has 0 unspecified atom stereocenters. The van der Waals surface area contributed by atoms with Crippen LogP contribution < -0.4 is 4.90 Å². The molecule has 0 bridgehead atoms. The fourth-order valence-electron chi connectivity index (χ4n) is 3.07. The van der Waals surface area contributed by atoms with Gasteiger partial charge in [0.15, 0.2) is 0 Å². The number of fused-ring (bicyclic) bond motifs is 1. The van der Waals surface area contributed by atoms with Crippen molar-refractivity contribution < 1.29 is 9.53 Å². The molecule has 0 aliphatic carbocycles. The van der Waals surface area contributed by atoms with E-state index in [0.717, 1.165) is 31.3 Å². The summed E-state index contributed by atoms with van der Waals surface area (Å²) in [5.41, 5.74) is 0.517. The number of nitrogens with zero attached hydrogens (tertiary/aromatic N) is 4. The van der Waals surface area contributed by atoms with Crippen molar-refractivity contribution in [3.63, 3.8) is 0 Å². The monoisotopic (exact) mass is 368 g/mol. The van der Waals surface area contributed by atoms with Crippen molar-refractivity contribution in [2.24, 2.45) is 0 Å². The molecule has 3 rings (SSSR count). The third kappa shape index (κ3) is 3.34. The first-order valence-electron chi connectivity index (χ1n) is 8.04. The number of carbonyl (C=O) groups is 1. The molecule has 1 aliphatic rings. The van der Waals surface area contributed by atoms with Gasteiger partial charge in [-0.05, 0) is 51.5 Å². The summed E-state index contributed by atoms with van der Waals surface area (Å²) in [6.07, 6.45) is 2.10. The summed E-state index contributed by atoms with van der Waals surface area (Å²) in [4.78, 5) is 26.1. The van der Waals surface area contributed by atoms with Gasteiger partial charge < -0.3 is 14.5 Å². The molecule has 0 atom stereocenters. The highest BCUT2D eigenvalue weighted by atomic mass is 35.5. The minimum atomic E-state index is -0.340. The van der Waals surface area contributed by atoms with Crippen LogP contribution in [0.25, 0.3) is 10.2 Å². The lowest BCUT2D eigenvalue weighted by molar-refractivity contribution is 0.0529. The maximum atomic E-state index is 12.3. The quantitative estimate of drug-likeness (QED) is 0.610. The largest absolute Gasteiger partial charge is 0.462 e. The lowest BCUT2D eigenvalue weighted by atomic mass is 10.0. The van der Waals surface area contributed by atoms with Crippen LogP contribution in [0.2, 0.25) is 5.28 Å². The number of hydrogen-bond donors (Lipinski definition) is 0. The predicted molar refractivity (Wildman–Crippen MR) is 97.3 cm³/mol. The minimum Gasteiger partial charge on any atom is -0.462 e. The second-order valence-electron chi connectivity index (χ2n) is 6.01. The number of likely N-dealkylation sites (tertiary alicyclic amines) is 1. The third-order valence-electron chi connectivity index (χ3n) is 4.45. The predicted octanol–water partition coefficient (Wildman–Crippen LogP) is 3.05. The SMILES string of the molecule is CCOC(=O)c1csc2nc(Cl)nc(N(C)C3CCN(C)CC3)c12. The number of anilines is 1. The third-order valence-corrected chi connectivity index (χ3v) is 5.49. The van der Waals surface area contributed by atoms with Gasteiger partial charge in [-0.25, -0.2) is 9.78 Å². The van der Waals surface area contributed by atoms with Crippen molar-refractivity contribution in [1.82, 2.24) is 14.9 Å². The van der Waals surface area contributed by atoms with Crippen molar-refractivity contribution in [3.8, 4) is 0 Å². The molecule has 2 aromatic rings. The summed E-state index contributed by atoms with van der Waals surface area (Å²) in [7, 11) is 4.15. The van der Waals surface area contributed by atoms with Gasteiger partial charge in [0.05, 0.1) is 17.6 Å². The number of esters is 1. The van der Waals surface area contributed by atoms with Crippen molar-refractivity contribution >= 4 is 44.9 Å². The molecule has 0 spiro atoms. The molecule has 3 heterocycles. The first kappa shape index (κ1) is 17.4. The lowest BCUT2D eigenvalue weighted by Gasteiger charge is -2.36. The maximum Gasteiger partial charge on any atom is 0.339 e. The molecule has 0 amide bonds. The normalized spacial score (nSPS) is 16.5. The van der Waals surface area contributed by atoms with E-state index in [0.29, 0.717) is 28.9 Å². The van der Waals surface area contributed by atoms with Crippen LogP contribution in [0.3, 0.4) is 0 Å². The minimum absolute atomic E-state index is 0.203. The summed E-state index contributed by atoms with van der Waals surface area (Å²) >= 11 is 7.50. The average molecular weight is 369 g/mol. The molecule has 1 saturated heterocycles. The van der Waals surface area contributed by atoms with Crippen LogP contribution in [-0.2, 0) is 4.74 Å². The molecule has 0 saturated carbocycles. The number of aromatic nitrogens is 2. The van der Waals surface area contributed by atoms with Crippen molar-refractivity contribution in [3.05, 3.63) is 16.2 Å². The van der Waals surface area contributed by atoms with Crippen LogP contribution in [0.5, 0.6) is 0 Å². The summed E-state index contributed by atoms with van der Waals surface area (Å²) in [5.74, 6) is 0.372. The molecule has 0 N–H and O–H groups in total. The Balaban J connectivity index is 2.02. The van der Waals surface area contributed by atoms with E-state index in [1.54, 1.807) is 12.3 Å². The fraction of sp³-hybridized carbons (Fsp3) is 0.562. The van der Waals surface area contributed by atoms with Crippen LogP contribution in [0.1, 0.15) is 30.1 Å². The second-order valence-corrected chi connectivity index (χ2v) is 7.21. The van der Waals surface area contributed by atoms with Crippen LogP contribution in [0, 0.1) is 0 Å². The van der Waals surface area contributed by atoms with E-state index in [1.165, 1.54) is 11.3 Å². The number of rotatable bonds is 4. The number of hydrogen-bond acceptors (Lipinski definition) is 7. The van der Waals surface area contributed by atoms with Crippen molar-refractivity contribution in [1.29, 1.82) is 0 Å². The van der Waals surface area contributed by atoms with Gasteiger partial charge in [-0.1, -0.05) is 0 Å². The van der Waals surface area contributed by atoms with Gasteiger partial charge in [-0.15, -0.1) is 11.3 Å². The van der Waals surface area contributed by atoms with Gasteiger partial charge in [-0.3, -0.25) is 0 Å². The Morgan fingerprint density at radius 2 is 2.17 bits per heavy atom. The van der Waals surface area contributed by atoms with Gasteiger partial charge in [0.25, 0.3) is 0 Å². The van der Waals surface area contributed by atoms with Gasteiger partial charge in [0.2, 0.25) is 5.28 Å². The van der Waals surface area contributed by atoms with Gasteiger partial charge >= 0.3 is 5.97 Å². The Morgan fingerprint density at radius 3 is 2.83 bits per heavy atom. The first-order chi connectivity index (χ1) is 11.5. The zero-order valence-electron chi connectivity index (χ0n) is 14.1. The standard InChI is InChI=1S/C16H21ClN4O2S/c1-4-23-15(22)11-9-24-14-12(11)13(18-16(17)19-14)21(3)10-5-7-20(2)8-6-10/h9-10H,4-8H2,1-3H3. The van der Waals surface area contributed by atoms with E-state index in [9.17, 15) is 4.79 Å². The number of carbonyl (C=O) groups excluding carboxylic acids is 1. The average Bonchev–Trinajstić information content (AvgIpc) is 2.98. The van der Waals surface area contributed by atoms with Crippen molar-refractivity contribution in [2.45, 2.75) is 25.8 Å². The van der Waals surface area contributed by atoms with E-state index >= 15 is 0 Å². The highest BCUT2D eigenvalue weighted by molar-refractivity contribution is 7.17. The molecular formula is C16H21ClN4O2S. The number of piperidine rings is 1. The molecular weight excluding hydrogens is 348 g/mol. The fourth-order valence-corrected chi connectivity index (χ4v) is 4.18. The second kappa shape index (κ2) is 7.21. The van der Waals surface area contributed by atoms with Gasteiger partial charge in [0, 0.05) is 18.5 Å². The Hall–Kier alpha value is -1.44. The molecule has 24 heavy (non-hydrogen) atoms. The van der Waals surface area contributed by atoms with Gasteiger partial charge in [0.1, 0.15) is 10.6 Å². The molecule has 1 fully saturated rings. The topological polar surface area (TPSA) is 58.6 Å². The van der Waals surface area contributed by atoms with Crippen molar-refractivity contribution in [2.75, 3.05) is 38.7 Å². The van der Waals surface area contributed by atoms with E-state index in [1.807, 2.05) is 7.05 Å². The summed E-state index contributed by atoms with van der Waals surface area (Å²) in [5, 5.41) is 2.72. The van der Waals surface area contributed by atoms with Gasteiger partial charge in [-0.2, -0.15) is 4.98 Å². The van der Waals surface area contributed by atoms with Crippen LogP contribution in [0.4, 0.5) is 5.82 Å². The van der Waals surface area contributed by atoms with E-state index in [4.69, 9.17) is 16.3 Å². The zero-order chi connectivity index (χ0) is 17.3. The van der Waals surface area contributed by atoms with E-state index < -0.39 is 0 Å². The molecule has 0 aromatic carbocycles. The maximum absolute atomic E-state index is 12.3. The first-order valence-corrected chi connectivity index (χ1v) is 9.30. The number of halogens is 1. The molecule has 1 aliphatic heterocycles. The highest BCUT2D eigenvalue weighted by Gasteiger charge is 2.26. The summed E-state index contributed by atoms with van der Waals surface area (Å²) in [6.45, 7) is 4.23. The summed E-state index contributed by atoms with van der Waals surface area (Å²) < 4.78 is 5.17. The molecule has 8 heteroatoms. The smallest absolute Gasteiger partial charge is 0.339 e.